The van der Waals surface area contributed by atoms with Crippen LogP contribution < -0.4 is 14.8 Å². The monoisotopic (exact) mass is 298 g/mol. The van der Waals surface area contributed by atoms with Crippen molar-refractivity contribution in [3.63, 3.8) is 0 Å². The number of hydrogen-bond acceptors (Lipinski definition) is 5. The summed E-state index contributed by atoms with van der Waals surface area (Å²) in [6, 6.07) is 3.55. The molecule has 2 aromatic rings. The number of halogens is 1. The Bertz CT molecular complexity index is 572. The fraction of sp³-hybridized carbons (Fsp3) is 0.308. The summed E-state index contributed by atoms with van der Waals surface area (Å²) in [7, 11) is 3.19. The predicted molar refractivity (Wildman–Crippen MR) is 78.7 cm³/mol. The van der Waals surface area contributed by atoms with Crippen LogP contribution in [-0.2, 0) is 6.54 Å². The molecule has 0 aliphatic rings. The van der Waals surface area contributed by atoms with Gasteiger partial charge in [0.1, 0.15) is 11.5 Å². The first-order valence-electron chi connectivity index (χ1n) is 5.70. The number of rotatable bonds is 5. The second-order valence-electron chi connectivity index (χ2n) is 3.90. The first kappa shape index (κ1) is 14.0. The number of nitrogens with zero attached hydrogens (tertiary/aromatic N) is 1. The van der Waals surface area contributed by atoms with Crippen molar-refractivity contribution in [3.8, 4) is 11.5 Å². The van der Waals surface area contributed by atoms with Gasteiger partial charge in [0.2, 0.25) is 0 Å². The van der Waals surface area contributed by atoms with E-state index >= 15 is 0 Å². The third-order valence-corrected chi connectivity index (χ3v) is 3.72. The van der Waals surface area contributed by atoms with Gasteiger partial charge in [-0.2, -0.15) is 0 Å². The topological polar surface area (TPSA) is 43.4 Å². The Hall–Kier alpha value is -1.46. The van der Waals surface area contributed by atoms with Gasteiger partial charge >= 0.3 is 0 Å². The van der Waals surface area contributed by atoms with Crippen LogP contribution in [0.1, 0.15) is 10.7 Å². The van der Waals surface area contributed by atoms with Crippen molar-refractivity contribution in [2.24, 2.45) is 0 Å². The molecule has 4 nitrogen and oxygen atoms in total. The molecule has 1 aromatic carbocycles. The maximum Gasteiger partial charge on any atom is 0.145 e. The number of benzene rings is 1. The van der Waals surface area contributed by atoms with Crippen molar-refractivity contribution in [2.75, 3.05) is 19.5 Å². The van der Waals surface area contributed by atoms with Crippen LogP contribution in [0.25, 0.3) is 0 Å². The zero-order valence-corrected chi connectivity index (χ0v) is 12.6. The highest BCUT2D eigenvalue weighted by Crippen LogP contribution is 2.36. The van der Waals surface area contributed by atoms with E-state index in [0.29, 0.717) is 23.1 Å². The molecule has 0 aliphatic heterocycles. The van der Waals surface area contributed by atoms with E-state index in [1.807, 2.05) is 12.3 Å². The van der Waals surface area contributed by atoms with Gasteiger partial charge in [0, 0.05) is 11.4 Å². The minimum Gasteiger partial charge on any atom is -0.495 e. The van der Waals surface area contributed by atoms with Crippen LogP contribution in [0.2, 0.25) is 5.02 Å². The zero-order chi connectivity index (χ0) is 13.8. The van der Waals surface area contributed by atoms with Gasteiger partial charge < -0.3 is 14.8 Å². The fourth-order valence-electron chi connectivity index (χ4n) is 1.67. The fourth-order valence-corrected chi connectivity index (χ4v) is 2.53. The molecule has 1 heterocycles. The van der Waals surface area contributed by atoms with Crippen LogP contribution in [0.4, 0.5) is 5.69 Å². The Labute approximate surface area is 121 Å². The maximum absolute atomic E-state index is 6.11. The smallest absolute Gasteiger partial charge is 0.145 e. The first-order chi connectivity index (χ1) is 9.13. The molecule has 0 amide bonds. The van der Waals surface area contributed by atoms with Crippen molar-refractivity contribution >= 4 is 28.6 Å². The van der Waals surface area contributed by atoms with E-state index in [0.717, 1.165) is 16.4 Å². The minimum atomic E-state index is 0.542. The van der Waals surface area contributed by atoms with Gasteiger partial charge in [0.05, 0.1) is 42.2 Å². The number of hydrogen-bond donors (Lipinski definition) is 1. The number of aryl methyl sites for hydroxylation is 1. The van der Waals surface area contributed by atoms with Gasteiger partial charge in [0.15, 0.2) is 0 Å². The van der Waals surface area contributed by atoms with Crippen molar-refractivity contribution in [1.82, 2.24) is 4.98 Å². The maximum atomic E-state index is 6.11. The third kappa shape index (κ3) is 3.30. The highest BCUT2D eigenvalue weighted by molar-refractivity contribution is 7.09. The molecule has 102 valence electrons. The van der Waals surface area contributed by atoms with E-state index in [2.05, 4.69) is 10.3 Å². The Balaban J connectivity index is 2.17. The lowest BCUT2D eigenvalue weighted by Crippen LogP contribution is -2.02. The lowest BCUT2D eigenvalue weighted by Gasteiger charge is -2.13. The molecule has 0 saturated heterocycles. The summed E-state index contributed by atoms with van der Waals surface area (Å²) in [5, 5.41) is 6.89. The Morgan fingerprint density at radius 3 is 2.58 bits per heavy atom. The van der Waals surface area contributed by atoms with Crippen molar-refractivity contribution in [1.29, 1.82) is 0 Å². The van der Waals surface area contributed by atoms with Crippen molar-refractivity contribution < 1.29 is 9.47 Å². The van der Waals surface area contributed by atoms with Crippen LogP contribution in [-0.4, -0.2) is 19.2 Å². The van der Waals surface area contributed by atoms with Crippen LogP contribution in [0, 0.1) is 6.92 Å². The standard InChI is InChI=1S/C13H15ClN2O2S/c1-8-16-9(7-19-8)6-15-11-4-10(14)12(17-2)5-13(11)18-3/h4-5,7,15H,6H2,1-3H3. The van der Waals surface area contributed by atoms with Gasteiger partial charge in [-0.15, -0.1) is 11.3 Å². The molecule has 19 heavy (non-hydrogen) atoms. The molecule has 0 fully saturated rings. The van der Waals surface area contributed by atoms with Gasteiger partial charge in [-0.3, -0.25) is 0 Å². The second kappa shape index (κ2) is 6.12. The van der Waals surface area contributed by atoms with Gasteiger partial charge in [-0.1, -0.05) is 11.6 Å². The molecule has 1 aromatic heterocycles. The molecule has 0 atom stereocenters. The number of nitrogens with one attached hydrogen (secondary N) is 1. The van der Waals surface area contributed by atoms with Gasteiger partial charge in [-0.25, -0.2) is 4.98 Å². The number of thiazole rings is 1. The molecular weight excluding hydrogens is 284 g/mol. The van der Waals surface area contributed by atoms with E-state index < -0.39 is 0 Å². The third-order valence-electron chi connectivity index (χ3n) is 2.60. The molecule has 0 saturated carbocycles. The summed E-state index contributed by atoms with van der Waals surface area (Å²) in [6.45, 7) is 2.61. The Morgan fingerprint density at radius 1 is 1.26 bits per heavy atom. The Morgan fingerprint density at radius 2 is 2.00 bits per heavy atom. The normalized spacial score (nSPS) is 10.3. The minimum absolute atomic E-state index is 0.542. The summed E-state index contributed by atoms with van der Waals surface area (Å²) in [5.74, 6) is 1.28. The summed E-state index contributed by atoms with van der Waals surface area (Å²) in [6.07, 6.45) is 0. The summed E-state index contributed by atoms with van der Waals surface area (Å²) < 4.78 is 10.5. The largest absolute Gasteiger partial charge is 0.495 e. The molecular formula is C13H15ClN2O2S. The quantitative estimate of drug-likeness (QED) is 0.913. The van der Waals surface area contributed by atoms with Gasteiger partial charge in [-0.05, 0) is 13.0 Å². The summed E-state index contributed by atoms with van der Waals surface area (Å²) >= 11 is 7.74. The molecule has 0 spiro atoms. The molecule has 1 N–H and O–H groups in total. The lowest BCUT2D eigenvalue weighted by atomic mass is 10.2. The van der Waals surface area contributed by atoms with Crippen LogP contribution in [0.5, 0.6) is 11.5 Å². The van der Waals surface area contributed by atoms with E-state index in [9.17, 15) is 0 Å². The molecule has 0 bridgehead atoms. The summed E-state index contributed by atoms with van der Waals surface area (Å²) in [4.78, 5) is 4.39. The van der Waals surface area contributed by atoms with Gasteiger partial charge in [0.25, 0.3) is 0 Å². The highest BCUT2D eigenvalue weighted by Gasteiger charge is 2.10. The molecule has 6 heteroatoms. The molecule has 0 radical (unpaired) electrons. The number of methoxy groups -OCH3 is 2. The lowest BCUT2D eigenvalue weighted by molar-refractivity contribution is 0.395. The predicted octanol–water partition coefficient (Wildman–Crippen LogP) is 3.73. The van der Waals surface area contributed by atoms with Crippen molar-refractivity contribution in [3.05, 3.63) is 33.2 Å². The first-order valence-corrected chi connectivity index (χ1v) is 6.96. The SMILES string of the molecule is COc1cc(OC)c(NCc2csc(C)n2)cc1Cl. The number of anilines is 1. The van der Waals surface area contributed by atoms with E-state index in [1.165, 1.54) is 0 Å². The number of aromatic nitrogens is 1. The number of ether oxygens (including phenoxy) is 2. The molecule has 0 aliphatic carbocycles. The second-order valence-corrected chi connectivity index (χ2v) is 5.37. The molecule has 2 rings (SSSR count). The van der Waals surface area contributed by atoms with Crippen molar-refractivity contribution in [2.45, 2.75) is 13.5 Å². The zero-order valence-electron chi connectivity index (χ0n) is 11.0. The molecule has 0 unspecified atom stereocenters. The Kier molecular flexibility index (Phi) is 4.50. The summed E-state index contributed by atoms with van der Waals surface area (Å²) in [5.41, 5.74) is 1.82. The van der Waals surface area contributed by atoms with Crippen LogP contribution in [0.15, 0.2) is 17.5 Å². The van der Waals surface area contributed by atoms with E-state index in [1.54, 1.807) is 37.7 Å². The van der Waals surface area contributed by atoms with E-state index in [-0.39, 0.29) is 0 Å². The van der Waals surface area contributed by atoms with Crippen LogP contribution in [0.3, 0.4) is 0 Å². The van der Waals surface area contributed by atoms with E-state index in [4.69, 9.17) is 21.1 Å². The highest BCUT2D eigenvalue weighted by atomic mass is 35.5. The average Bonchev–Trinajstić information content (AvgIpc) is 2.82. The average molecular weight is 299 g/mol. The van der Waals surface area contributed by atoms with Crippen LogP contribution >= 0.6 is 22.9 Å².